The van der Waals surface area contributed by atoms with Crippen LogP contribution in [0.25, 0.3) is 0 Å². The van der Waals surface area contributed by atoms with Gasteiger partial charge in [-0.2, -0.15) is 5.26 Å². The molecule has 0 fully saturated rings. The van der Waals surface area contributed by atoms with Crippen LogP contribution in [0.4, 0.5) is 10.2 Å². The number of nitriles is 1. The smallest absolute Gasteiger partial charge is 0.162 e. The van der Waals surface area contributed by atoms with Gasteiger partial charge in [0.05, 0.1) is 17.6 Å². The zero-order chi connectivity index (χ0) is 23.8. The number of pyridine rings is 1. The average molecular weight is 515 g/mol. The summed E-state index contributed by atoms with van der Waals surface area (Å²) in [6, 6.07) is 21.7. The van der Waals surface area contributed by atoms with E-state index in [1.165, 1.54) is 12.1 Å². The highest BCUT2D eigenvalue weighted by atomic mass is 79.9. The molecular formula is C27H20BrFN4O. The number of carbonyl (C=O) groups is 1. The van der Waals surface area contributed by atoms with Gasteiger partial charge in [-0.05, 0) is 63.7 Å². The number of anilines is 1. The Morgan fingerprint density at radius 1 is 1.03 bits per heavy atom. The van der Waals surface area contributed by atoms with Crippen LogP contribution in [0.15, 0.2) is 100 Å². The first-order chi connectivity index (χ1) is 16.5. The Bertz CT molecular complexity index is 1360. The van der Waals surface area contributed by atoms with Crippen molar-refractivity contribution in [3.05, 3.63) is 117 Å². The second kappa shape index (κ2) is 8.88. The van der Waals surface area contributed by atoms with Gasteiger partial charge >= 0.3 is 0 Å². The number of rotatable bonds is 3. The number of carbonyl (C=O) groups excluding carboxylic acids is 1. The predicted molar refractivity (Wildman–Crippen MR) is 131 cm³/mol. The molecular weight excluding hydrogens is 495 g/mol. The molecule has 0 bridgehead atoms. The number of hydrogen-bond donors (Lipinski definition) is 1. The van der Waals surface area contributed by atoms with E-state index >= 15 is 0 Å². The summed E-state index contributed by atoms with van der Waals surface area (Å²) in [4.78, 5) is 19.9. The molecule has 0 saturated heterocycles. The van der Waals surface area contributed by atoms with Crippen LogP contribution in [0.5, 0.6) is 0 Å². The highest BCUT2D eigenvalue weighted by Gasteiger charge is 2.43. The first-order valence-electron chi connectivity index (χ1n) is 10.9. The van der Waals surface area contributed by atoms with Crippen molar-refractivity contribution in [1.82, 2.24) is 4.98 Å². The topological polar surface area (TPSA) is 83.0 Å². The summed E-state index contributed by atoms with van der Waals surface area (Å²) in [5.74, 6) is -0.366. The lowest BCUT2D eigenvalue weighted by Gasteiger charge is -2.41. The molecule has 0 amide bonds. The molecule has 5 rings (SSSR count). The monoisotopic (exact) mass is 514 g/mol. The predicted octanol–water partition coefficient (Wildman–Crippen LogP) is 5.68. The minimum absolute atomic E-state index is 0.0318. The molecule has 0 spiro atoms. The summed E-state index contributed by atoms with van der Waals surface area (Å²) in [7, 11) is 0. The molecule has 2 N–H and O–H groups in total. The molecule has 0 radical (unpaired) electrons. The number of nitrogens with two attached hydrogens (primary N) is 1. The van der Waals surface area contributed by atoms with Crippen molar-refractivity contribution in [2.75, 3.05) is 4.90 Å². The van der Waals surface area contributed by atoms with Crippen LogP contribution in [-0.2, 0) is 4.79 Å². The lowest BCUT2D eigenvalue weighted by atomic mass is 9.72. The third-order valence-corrected chi connectivity index (χ3v) is 6.85. The lowest BCUT2D eigenvalue weighted by Crippen LogP contribution is -2.40. The number of nitrogens with zero attached hydrogens (tertiary/aromatic N) is 3. The Kier molecular flexibility index (Phi) is 5.76. The molecule has 0 saturated carbocycles. The second-order valence-electron chi connectivity index (χ2n) is 8.36. The highest BCUT2D eigenvalue weighted by Crippen LogP contribution is 2.48. The quantitative estimate of drug-likeness (QED) is 0.485. The average Bonchev–Trinajstić information content (AvgIpc) is 2.85. The Morgan fingerprint density at radius 2 is 1.76 bits per heavy atom. The largest absolute Gasteiger partial charge is 0.384 e. The minimum Gasteiger partial charge on any atom is -0.384 e. The fraction of sp³-hybridized carbons (Fsp3) is 0.148. The maximum atomic E-state index is 13.7. The standard InChI is InChI=1S/C27H20BrFN4O/c28-19-8-11-24(32-15-19)33-22-12-18(16-4-2-1-3-5-16)13-23(34)26(22)25(21(14-30)27(33)31)17-6-9-20(29)10-7-17/h1-11,15,18,25H,12-13,31H2/t18-,25-/m1/s1. The summed E-state index contributed by atoms with van der Waals surface area (Å²) in [5, 5.41) is 10.1. The number of halogens is 2. The van der Waals surface area contributed by atoms with Crippen molar-refractivity contribution in [1.29, 1.82) is 5.26 Å². The highest BCUT2D eigenvalue weighted by molar-refractivity contribution is 9.10. The Morgan fingerprint density at radius 3 is 2.41 bits per heavy atom. The lowest BCUT2D eigenvalue weighted by molar-refractivity contribution is -0.116. The van der Waals surface area contributed by atoms with E-state index in [0.29, 0.717) is 29.8 Å². The number of aromatic nitrogens is 1. The molecule has 2 aliphatic rings. The third-order valence-electron chi connectivity index (χ3n) is 6.38. The summed E-state index contributed by atoms with van der Waals surface area (Å²) >= 11 is 3.40. The fourth-order valence-electron chi connectivity index (χ4n) is 4.84. The number of hydrogen-bond acceptors (Lipinski definition) is 5. The normalized spacial score (nSPS) is 20.3. The molecule has 1 aliphatic carbocycles. The molecule has 1 aliphatic heterocycles. The molecule has 2 aromatic carbocycles. The summed E-state index contributed by atoms with van der Waals surface area (Å²) in [5.41, 5.74) is 9.83. The van der Waals surface area contributed by atoms with Crippen molar-refractivity contribution >= 4 is 27.5 Å². The van der Waals surface area contributed by atoms with Crippen LogP contribution in [0.1, 0.15) is 35.8 Å². The maximum absolute atomic E-state index is 13.7. The van der Waals surface area contributed by atoms with Gasteiger partial charge in [0.2, 0.25) is 0 Å². The van der Waals surface area contributed by atoms with Crippen molar-refractivity contribution in [2.45, 2.75) is 24.7 Å². The van der Waals surface area contributed by atoms with Gasteiger partial charge < -0.3 is 5.73 Å². The van der Waals surface area contributed by atoms with Gasteiger partial charge in [0.25, 0.3) is 0 Å². The zero-order valence-electron chi connectivity index (χ0n) is 18.1. The Labute approximate surface area is 205 Å². The fourth-order valence-corrected chi connectivity index (χ4v) is 5.08. The first-order valence-corrected chi connectivity index (χ1v) is 11.6. The molecule has 3 aromatic rings. The van der Waals surface area contributed by atoms with E-state index in [2.05, 4.69) is 27.0 Å². The molecule has 1 aromatic heterocycles. The SMILES string of the molecule is N#CC1=C(N)N(c2ccc(Br)cn2)C2=C(C(=O)C[C@H](c3ccccc3)C2)[C@@H]1c1ccc(F)cc1. The van der Waals surface area contributed by atoms with Gasteiger partial charge in [0.15, 0.2) is 5.78 Å². The maximum Gasteiger partial charge on any atom is 0.162 e. The van der Waals surface area contributed by atoms with Crippen LogP contribution < -0.4 is 10.6 Å². The molecule has 7 heteroatoms. The number of ketones is 1. The number of allylic oxidation sites excluding steroid dienone is 3. The molecule has 34 heavy (non-hydrogen) atoms. The van der Waals surface area contributed by atoms with E-state index in [-0.39, 0.29) is 28.9 Å². The second-order valence-corrected chi connectivity index (χ2v) is 9.28. The van der Waals surface area contributed by atoms with E-state index in [9.17, 15) is 14.4 Å². The van der Waals surface area contributed by atoms with E-state index in [0.717, 1.165) is 15.7 Å². The number of Topliss-reactive ketones (excluding diaryl/α,β-unsaturated/α-hetero) is 1. The Hall–Kier alpha value is -3.76. The molecule has 2 atom stereocenters. The summed E-state index contributed by atoms with van der Waals surface area (Å²) in [6.07, 6.45) is 2.53. The van der Waals surface area contributed by atoms with E-state index in [4.69, 9.17) is 5.73 Å². The summed E-state index contributed by atoms with van der Waals surface area (Å²) in [6.45, 7) is 0. The van der Waals surface area contributed by atoms with Crippen molar-refractivity contribution in [2.24, 2.45) is 5.73 Å². The first kappa shape index (κ1) is 22.1. The van der Waals surface area contributed by atoms with Gasteiger partial charge in [0.1, 0.15) is 17.5 Å². The van der Waals surface area contributed by atoms with Gasteiger partial charge in [0, 0.05) is 28.4 Å². The number of benzene rings is 2. The van der Waals surface area contributed by atoms with E-state index < -0.39 is 5.92 Å². The molecule has 5 nitrogen and oxygen atoms in total. The van der Waals surface area contributed by atoms with Crippen molar-refractivity contribution in [3.8, 4) is 6.07 Å². The molecule has 0 unspecified atom stereocenters. The van der Waals surface area contributed by atoms with Crippen LogP contribution in [0, 0.1) is 17.1 Å². The van der Waals surface area contributed by atoms with Gasteiger partial charge in [-0.3, -0.25) is 9.69 Å². The van der Waals surface area contributed by atoms with Crippen molar-refractivity contribution in [3.63, 3.8) is 0 Å². The minimum atomic E-state index is -0.656. The van der Waals surface area contributed by atoms with E-state index in [1.54, 1.807) is 29.3 Å². The third kappa shape index (κ3) is 3.80. The van der Waals surface area contributed by atoms with Crippen LogP contribution in [0.3, 0.4) is 0 Å². The van der Waals surface area contributed by atoms with Gasteiger partial charge in [-0.15, -0.1) is 0 Å². The van der Waals surface area contributed by atoms with Crippen LogP contribution >= 0.6 is 15.9 Å². The van der Waals surface area contributed by atoms with Crippen LogP contribution in [0.2, 0.25) is 0 Å². The molecule has 168 valence electrons. The van der Waals surface area contributed by atoms with Crippen LogP contribution in [-0.4, -0.2) is 10.8 Å². The molecule has 2 heterocycles. The summed E-state index contributed by atoms with van der Waals surface area (Å²) < 4.78 is 14.5. The van der Waals surface area contributed by atoms with Gasteiger partial charge in [-0.25, -0.2) is 9.37 Å². The Balaban J connectivity index is 1.72. The van der Waals surface area contributed by atoms with Gasteiger partial charge in [-0.1, -0.05) is 42.5 Å². The van der Waals surface area contributed by atoms with Crippen molar-refractivity contribution < 1.29 is 9.18 Å². The zero-order valence-corrected chi connectivity index (χ0v) is 19.7. The van der Waals surface area contributed by atoms with E-state index in [1.807, 2.05) is 36.4 Å².